The van der Waals surface area contributed by atoms with Crippen molar-refractivity contribution in [3.63, 3.8) is 0 Å². The molecule has 6 nitrogen and oxygen atoms in total. The van der Waals surface area contributed by atoms with Gasteiger partial charge in [-0.3, -0.25) is 9.59 Å². The molecule has 1 aliphatic heterocycles. The number of aliphatic hydroxyl groups excluding tert-OH is 1. The Morgan fingerprint density at radius 3 is 2.93 bits per heavy atom. The molecule has 0 radical (unpaired) electrons. The summed E-state index contributed by atoms with van der Waals surface area (Å²) in [6.45, 7) is -0.113. The number of benzene rings is 1. The van der Waals surface area contributed by atoms with Crippen molar-refractivity contribution >= 4 is 45.0 Å². The molecular weight excluding hydrogens is 467 g/mol. The molecule has 0 saturated heterocycles. The van der Waals surface area contributed by atoms with Gasteiger partial charge < -0.3 is 20.5 Å². The fourth-order valence-corrected chi connectivity index (χ4v) is 4.04. The molecule has 1 aliphatic carbocycles. The van der Waals surface area contributed by atoms with E-state index in [9.17, 15) is 14.0 Å². The molecule has 0 saturated carbocycles. The Morgan fingerprint density at radius 1 is 1.45 bits per heavy atom. The van der Waals surface area contributed by atoms with Crippen LogP contribution in [-0.4, -0.2) is 30.1 Å². The van der Waals surface area contributed by atoms with E-state index in [1.807, 2.05) is 0 Å². The van der Waals surface area contributed by atoms with E-state index in [1.54, 1.807) is 18.2 Å². The highest BCUT2D eigenvalue weighted by Crippen LogP contribution is 2.37. The highest BCUT2D eigenvalue weighted by molar-refractivity contribution is 9.10. The Bertz CT molecular complexity index is 916. The van der Waals surface area contributed by atoms with Crippen molar-refractivity contribution in [2.45, 2.75) is 12.8 Å². The molecule has 2 amide bonds. The number of hydrogen-bond acceptors (Lipinski definition) is 4. The van der Waals surface area contributed by atoms with Crippen molar-refractivity contribution in [2.75, 3.05) is 18.5 Å². The average Bonchev–Trinajstić information content (AvgIpc) is 2.69. The van der Waals surface area contributed by atoms with Crippen LogP contribution in [-0.2, 0) is 9.59 Å². The monoisotopic (exact) mass is 484 g/mol. The third kappa shape index (κ3) is 5.26. The van der Waals surface area contributed by atoms with Gasteiger partial charge in [0.05, 0.1) is 17.3 Å². The number of carbonyl (C=O) groups is 2. The molecule has 29 heavy (non-hydrogen) atoms. The SMILES string of the molecule is O=C1C[C@H](C2C=CC(F)=CC2)C(C(=O)Nc2cc(OCCO)c(Cl)cc2Br)=CN1. The lowest BCUT2D eigenvalue weighted by molar-refractivity contribution is -0.122. The number of halogens is 3. The van der Waals surface area contributed by atoms with Crippen LogP contribution in [0.15, 0.2) is 52.4 Å². The Morgan fingerprint density at radius 2 is 2.24 bits per heavy atom. The molecule has 0 bridgehead atoms. The molecule has 1 heterocycles. The minimum atomic E-state index is -0.394. The molecule has 1 aromatic carbocycles. The zero-order valence-electron chi connectivity index (χ0n) is 15.3. The Balaban J connectivity index is 1.81. The van der Waals surface area contributed by atoms with Crippen molar-refractivity contribution in [2.24, 2.45) is 11.8 Å². The number of hydrogen-bond donors (Lipinski definition) is 3. The predicted molar refractivity (Wildman–Crippen MR) is 111 cm³/mol. The lowest BCUT2D eigenvalue weighted by Crippen LogP contribution is -2.36. The van der Waals surface area contributed by atoms with Crippen molar-refractivity contribution in [3.8, 4) is 5.75 Å². The summed E-state index contributed by atoms with van der Waals surface area (Å²) >= 11 is 9.48. The molecule has 9 heteroatoms. The van der Waals surface area contributed by atoms with Crippen molar-refractivity contribution in [1.82, 2.24) is 5.32 Å². The first-order valence-corrected chi connectivity index (χ1v) is 10.1. The summed E-state index contributed by atoms with van der Waals surface area (Å²) in [5.74, 6) is -1.12. The summed E-state index contributed by atoms with van der Waals surface area (Å²) in [4.78, 5) is 24.9. The second kappa shape index (κ2) is 9.56. The van der Waals surface area contributed by atoms with Crippen LogP contribution < -0.4 is 15.4 Å². The fraction of sp³-hybridized carbons (Fsp3) is 0.300. The largest absolute Gasteiger partial charge is 0.490 e. The smallest absolute Gasteiger partial charge is 0.253 e. The van der Waals surface area contributed by atoms with Crippen molar-refractivity contribution in [1.29, 1.82) is 0 Å². The van der Waals surface area contributed by atoms with E-state index in [2.05, 4.69) is 26.6 Å². The maximum absolute atomic E-state index is 13.3. The van der Waals surface area contributed by atoms with E-state index in [4.69, 9.17) is 21.4 Å². The van der Waals surface area contributed by atoms with Crippen LogP contribution in [0.4, 0.5) is 10.1 Å². The third-order valence-corrected chi connectivity index (χ3v) is 5.63. The molecular formula is C20H19BrClFN2O4. The molecule has 0 aromatic heterocycles. The van der Waals surface area contributed by atoms with E-state index in [-0.39, 0.29) is 43.2 Å². The van der Waals surface area contributed by atoms with Gasteiger partial charge in [-0.2, -0.15) is 0 Å². The van der Waals surface area contributed by atoms with Crippen LogP contribution in [0.2, 0.25) is 5.02 Å². The number of carbonyl (C=O) groups excluding carboxylic acids is 2. The van der Waals surface area contributed by atoms with Gasteiger partial charge in [-0.25, -0.2) is 4.39 Å². The van der Waals surface area contributed by atoms with Crippen LogP contribution in [0.25, 0.3) is 0 Å². The summed E-state index contributed by atoms with van der Waals surface area (Å²) in [7, 11) is 0. The van der Waals surface area contributed by atoms with Crippen molar-refractivity contribution in [3.05, 3.63) is 57.5 Å². The van der Waals surface area contributed by atoms with Gasteiger partial charge in [-0.15, -0.1) is 0 Å². The molecule has 3 N–H and O–H groups in total. The van der Waals surface area contributed by atoms with Crippen LogP contribution in [0.1, 0.15) is 12.8 Å². The van der Waals surface area contributed by atoms with E-state index in [1.165, 1.54) is 18.4 Å². The van der Waals surface area contributed by atoms with Gasteiger partial charge in [-0.1, -0.05) is 17.7 Å². The number of anilines is 1. The number of ether oxygens (including phenoxy) is 1. The number of allylic oxidation sites excluding steroid dienone is 4. The van der Waals surface area contributed by atoms with Gasteiger partial charge in [0.2, 0.25) is 5.91 Å². The van der Waals surface area contributed by atoms with Gasteiger partial charge in [-0.05, 0) is 46.5 Å². The first-order chi connectivity index (χ1) is 13.9. The normalized spacial score (nSPS) is 21.2. The molecule has 2 atom stereocenters. The first kappa shape index (κ1) is 21.5. The van der Waals surface area contributed by atoms with E-state index in [0.29, 0.717) is 32.9 Å². The summed E-state index contributed by atoms with van der Waals surface area (Å²) in [5, 5.41) is 14.6. The fourth-order valence-electron chi connectivity index (χ4n) is 3.24. The second-order valence-electron chi connectivity index (χ2n) is 6.61. The Kier molecular flexibility index (Phi) is 7.10. The van der Waals surface area contributed by atoms with Crippen LogP contribution in [0, 0.1) is 11.8 Å². The summed E-state index contributed by atoms with van der Waals surface area (Å²) < 4.78 is 19.2. The molecule has 0 fully saturated rings. The second-order valence-corrected chi connectivity index (χ2v) is 7.88. The predicted octanol–water partition coefficient (Wildman–Crippen LogP) is 3.86. The zero-order valence-corrected chi connectivity index (χ0v) is 17.6. The summed E-state index contributed by atoms with van der Waals surface area (Å²) in [5.41, 5.74) is 0.823. The standard InChI is InChI=1S/C20H19BrClFN2O4/c21-15-8-16(22)18(29-6-5-26)9-17(15)25-20(28)14-10-24-19(27)7-13(14)11-1-3-12(23)4-2-11/h1,3-4,8-11,13,26H,2,5-7H2,(H,24,27)(H,25,28)/t11?,13-/m1/s1. The van der Waals surface area contributed by atoms with Gasteiger partial charge in [0.15, 0.2) is 0 Å². The van der Waals surface area contributed by atoms with Crippen LogP contribution >= 0.6 is 27.5 Å². The summed E-state index contributed by atoms with van der Waals surface area (Å²) in [6.07, 6.45) is 6.45. The molecule has 1 unspecified atom stereocenters. The maximum Gasteiger partial charge on any atom is 0.253 e. The molecule has 154 valence electrons. The Labute approximate surface area is 180 Å². The zero-order chi connectivity index (χ0) is 21.0. The lowest BCUT2D eigenvalue weighted by atomic mass is 9.78. The maximum atomic E-state index is 13.3. The number of nitrogens with one attached hydrogen (secondary N) is 2. The van der Waals surface area contributed by atoms with Crippen LogP contribution in [0.3, 0.4) is 0 Å². The number of rotatable bonds is 6. The topological polar surface area (TPSA) is 87.7 Å². The van der Waals surface area contributed by atoms with Gasteiger partial charge in [0.25, 0.3) is 5.91 Å². The van der Waals surface area contributed by atoms with E-state index < -0.39 is 5.91 Å². The molecule has 3 rings (SSSR count). The summed E-state index contributed by atoms with van der Waals surface area (Å²) in [6, 6.07) is 3.13. The Hall–Kier alpha value is -2.16. The highest BCUT2D eigenvalue weighted by Gasteiger charge is 2.33. The quantitative estimate of drug-likeness (QED) is 0.571. The number of aliphatic hydroxyl groups is 1. The van der Waals surface area contributed by atoms with Gasteiger partial charge in [0.1, 0.15) is 18.2 Å². The van der Waals surface area contributed by atoms with Crippen molar-refractivity contribution < 1.29 is 23.8 Å². The highest BCUT2D eigenvalue weighted by atomic mass is 79.9. The minimum absolute atomic E-state index is 0.0616. The first-order valence-electron chi connectivity index (χ1n) is 8.96. The minimum Gasteiger partial charge on any atom is -0.490 e. The third-order valence-electron chi connectivity index (χ3n) is 4.68. The van der Waals surface area contributed by atoms with Crippen LogP contribution in [0.5, 0.6) is 5.75 Å². The molecule has 1 aromatic rings. The van der Waals surface area contributed by atoms with Gasteiger partial charge in [0, 0.05) is 34.7 Å². The average molecular weight is 486 g/mol. The van der Waals surface area contributed by atoms with Gasteiger partial charge >= 0.3 is 0 Å². The number of amides is 2. The van der Waals surface area contributed by atoms with E-state index in [0.717, 1.165) is 0 Å². The molecule has 0 spiro atoms. The van der Waals surface area contributed by atoms with E-state index >= 15 is 0 Å². The molecule has 2 aliphatic rings. The lowest BCUT2D eigenvalue weighted by Gasteiger charge is -2.29.